The average Bonchev–Trinajstić information content (AvgIpc) is 2.23. The number of benzene rings is 1. The third-order valence-corrected chi connectivity index (χ3v) is 2.76. The lowest BCUT2D eigenvalue weighted by Crippen LogP contribution is -2.20. The molecular formula is C12H19NO3. The van der Waals surface area contributed by atoms with Crippen molar-refractivity contribution in [2.45, 2.75) is 32.5 Å². The summed E-state index contributed by atoms with van der Waals surface area (Å²) in [6.45, 7) is 3.54. The minimum Gasteiger partial charge on any atom is -0.399 e. The van der Waals surface area contributed by atoms with Gasteiger partial charge in [-0.25, -0.2) is 0 Å². The fourth-order valence-corrected chi connectivity index (χ4v) is 1.68. The Bertz CT molecular complexity index is 366. The second kappa shape index (κ2) is 5.30. The number of nitrogen functional groups attached to an aromatic ring is 1. The first-order valence-corrected chi connectivity index (χ1v) is 5.31. The van der Waals surface area contributed by atoms with Crippen LogP contribution in [0.1, 0.15) is 29.2 Å². The van der Waals surface area contributed by atoms with Gasteiger partial charge in [0.05, 0.1) is 6.10 Å². The maximum atomic E-state index is 9.91. The van der Waals surface area contributed by atoms with Crippen LogP contribution in [-0.2, 0) is 0 Å². The predicted octanol–water partition coefficient (Wildman–Crippen LogP) is 0.662. The summed E-state index contributed by atoms with van der Waals surface area (Å²) in [4.78, 5) is 0. The summed E-state index contributed by atoms with van der Waals surface area (Å²) in [5.41, 5.74) is 8.78. The molecule has 2 atom stereocenters. The van der Waals surface area contributed by atoms with Crippen LogP contribution in [0.4, 0.5) is 5.69 Å². The van der Waals surface area contributed by atoms with Crippen LogP contribution in [0.2, 0.25) is 0 Å². The van der Waals surface area contributed by atoms with Gasteiger partial charge in [0.25, 0.3) is 0 Å². The van der Waals surface area contributed by atoms with Crippen LogP contribution < -0.4 is 5.73 Å². The summed E-state index contributed by atoms with van der Waals surface area (Å²) in [6, 6.07) is 3.55. The van der Waals surface area contributed by atoms with Crippen molar-refractivity contribution in [3.63, 3.8) is 0 Å². The van der Waals surface area contributed by atoms with Crippen molar-refractivity contribution in [2.24, 2.45) is 0 Å². The van der Waals surface area contributed by atoms with E-state index in [0.717, 1.165) is 11.1 Å². The molecule has 1 aromatic carbocycles. The molecule has 0 aliphatic rings. The summed E-state index contributed by atoms with van der Waals surface area (Å²) >= 11 is 0. The third kappa shape index (κ3) is 2.72. The molecule has 2 unspecified atom stereocenters. The molecule has 5 N–H and O–H groups in total. The van der Waals surface area contributed by atoms with Crippen molar-refractivity contribution < 1.29 is 15.3 Å². The minimum absolute atomic E-state index is 0.148. The Morgan fingerprint density at radius 2 is 1.81 bits per heavy atom. The van der Waals surface area contributed by atoms with Gasteiger partial charge in [-0.1, -0.05) is 6.07 Å². The minimum atomic E-state index is -0.980. The number of anilines is 1. The van der Waals surface area contributed by atoms with Gasteiger partial charge in [0.2, 0.25) is 0 Å². The van der Waals surface area contributed by atoms with E-state index >= 15 is 0 Å². The van der Waals surface area contributed by atoms with E-state index < -0.39 is 12.2 Å². The Morgan fingerprint density at radius 3 is 2.38 bits per heavy atom. The van der Waals surface area contributed by atoms with Crippen LogP contribution in [0.3, 0.4) is 0 Å². The van der Waals surface area contributed by atoms with Crippen molar-refractivity contribution >= 4 is 5.69 Å². The molecule has 1 aromatic rings. The molecule has 4 heteroatoms. The highest BCUT2D eigenvalue weighted by Crippen LogP contribution is 2.26. The van der Waals surface area contributed by atoms with E-state index in [1.165, 1.54) is 0 Å². The van der Waals surface area contributed by atoms with Gasteiger partial charge in [-0.05, 0) is 43.0 Å². The van der Waals surface area contributed by atoms with E-state index in [2.05, 4.69) is 0 Å². The normalized spacial score (nSPS) is 14.8. The van der Waals surface area contributed by atoms with E-state index in [-0.39, 0.29) is 13.0 Å². The van der Waals surface area contributed by atoms with Gasteiger partial charge in [0.15, 0.2) is 0 Å². The Balaban J connectivity index is 2.99. The standard InChI is InChI=1S/C12H19NO3/c1-7-6-10(13)8(2)5-9(7)12(16)11(15)3-4-14/h5-6,11-12,14-16H,3-4,13H2,1-2H3. The zero-order valence-corrected chi connectivity index (χ0v) is 9.64. The smallest absolute Gasteiger partial charge is 0.105 e. The van der Waals surface area contributed by atoms with Crippen LogP contribution in [0.5, 0.6) is 0 Å². The molecule has 4 nitrogen and oxygen atoms in total. The van der Waals surface area contributed by atoms with Gasteiger partial charge in [-0.3, -0.25) is 0 Å². The molecule has 0 spiro atoms. The number of aliphatic hydroxyl groups excluding tert-OH is 3. The van der Waals surface area contributed by atoms with Crippen LogP contribution in [0, 0.1) is 13.8 Å². The maximum absolute atomic E-state index is 9.91. The van der Waals surface area contributed by atoms with Crippen LogP contribution >= 0.6 is 0 Å². The summed E-state index contributed by atoms with van der Waals surface area (Å²) in [7, 11) is 0. The molecular weight excluding hydrogens is 206 g/mol. The molecule has 0 saturated heterocycles. The number of hydrogen-bond acceptors (Lipinski definition) is 4. The van der Waals surface area contributed by atoms with Gasteiger partial charge >= 0.3 is 0 Å². The van der Waals surface area contributed by atoms with E-state index in [4.69, 9.17) is 10.8 Å². The second-order valence-electron chi connectivity index (χ2n) is 4.09. The van der Waals surface area contributed by atoms with Gasteiger partial charge in [0, 0.05) is 12.3 Å². The molecule has 0 saturated carbocycles. The maximum Gasteiger partial charge on any atom is 0.105 e. The van der Waals surface area contributed by atoms with Crippen LogP contribution in [-0.4, -0.2) is 28.0 Å². The zero-order chi connectivity index (χ0) is 12.3. The van der Waals surface area contributed by atoms with Crippen molar-refractivity contribution in [1.82, 2.24) is 0 Å². The fraction of sp³-hybridized carbons (Fsp3) is 0.500. The van der Waals surface area contributed by atoms with E-state index in [1.807, 2.05) is 13.8 Å². The number of aryl methyl sites for hydroxylation is 2. The first-order chi connectivity index (χ1) is 7.47. The quantitative estimate of drug-likeness (QED) is 0.567. The third-order valence-electron chi connectivity index (χ3n) is 2.76. The molecule has 0 aromatic heterocycles. The molecule has 90 valence electrons. The number of nitrogens with two attached hydrogens (primary N) is 1. The van der Waals surface area contributed by atoms with Gasteiger partial charge in [-0.15, -0.1) is 0 Å². The summed E-state index contributed by atoms with van der Waals surface area (Å²) in [5.74, 6) is 0. The highest BCUT2D eigenvalue weighted by atomic mass is 16.3. The number of hydrogen-bond donors (Lipinski definition) is 4. The zero-order valence-electron chi connectivity index (χ0n) is 9.64. The Morgan fingerprint density at radius 1 is 1.19 bits per heavy atom. The van der Waals surface area contributed by atoms with Crippen LogP contribution in [0.25, 0.3) is 0 Å². The van der Waals surface area contributed by atoms with Crippen molar-refractivity contribution in [1.29, 1.82) is 0 Å². The molecule has 0 aliphatic carbocycles. The molecule has 0 bridgehead atoms. The van der Waals surface area contributed by atoms with Crippen LogP contribution in [0.15, 0.2) is 12.1 Å². The first-order valence-electron chi connectivity index (χ1n) is 5.31. The lowest BCUT2D eigenvalue weighted by molar-refractivity contribution is 0.00387. The van der Waals surface area contributed by atoms with Gasteiger partial charge in [-0.2, -0.15) is 0 Å². The molecule has 0 fully saturated rings. The molecule has 1 rings (SSSR count). The highest BCUT2D eigenvalue weighted by Gasteiger charge is 2.20. The predicted molar refractivity (Wildman–Crippen MR) is 63.0 cm³/mol. The fourth-order valence-electron chi connectivity index (χ4n) is 1.68. The lowest BCUT2D eigenvalue weighted by Gasteiger charge is -2.20. The summed E-state index contributed by atoms with van der Waals surface area (Å²) < 4.78 is 0. The Labute approximate surface area is 95.3 Å². The number of aliphatic hydroxyl groups is 3. The molecule has 0 aliphatic heterocycles. The molecule has 0 radical (unpaired) electrons. The summed E-state index contributed by atoms with van der Waals surface area (Å²) in [5, 5.41) is 28.2. The van der Waals surface area contributed by atoms with Gasteiger partial charge < -0.3 is 21.1 Å². The van der Waals surface area contributed by atoms with E-state index in [0.29, 0.717) is 11.3 Å². The van der Waals surface area contributed by atoms with Crippen molar-refractivity contribution in [3.05, 3.63) is 28.8 Å². The monoisotopic (exact) mass is 225 g/mol. The van der Waals surface area contributed by atoms with Gasteiger partial charge in [0.1, 0.15) is 6.10 Å². The SMILES string of the molecule is Cc1cc(C(O)C(O)CCO)c(C)cc1N. The molecule has 16 heavy (non-hydrogen) atoms. The number of rotatable bonds is 4. The summed E-state index contributed by atoms with van der Waals surface area (Å²) in [6.07, 6.45) is -1.78. The Hall–Kier alpha value is -1.10. The second-order valence-corrected chi connectivity index (χ2v) is 4.09. The Kier molecular flexibility index (Phi) is 4.29. The first kappa shape index (κ1) is 13.0. The average molecular weight is 225 g/mol. The van der Waals surface area contributed by atoms with Crippen molar-refractivity contribution in [3.8, 4) is 0 Å². The van der Waals surface area contributed by atoms with E-state index in [1.54, 1.807) is 12.1 Å². The lowest BCUT2D eigenvalue weighted by atomic mass is 9.95. The van der Waals surface area contributed by atoms with E-state index in [9.17, 15) is 10.2 Å². The topological polar surface area (TPSA) is 86.7 Å². The van der Waals surface area contributed by atoms with Crippen molar-refractivity contribution in [2.75, 3.05) is 12.3 Å². The largest absolute Gasteiger partial charge is 0.399 e. The highest BCUT2D eigenvalue weighted by molar-refractivity contribution is 5.51. The molecule has 0 heterocycles. The molecule has 0 amide bonds.